The van der Waals surface area contributed by atoms with Gasteiger partial charge in [0.25, 0.3) is 5.91 Å². The molecule has 0 bridgehead atoms. The first kappa shape index (κ1) is 12.3. The highest BCUT2D eigenvalue weighted by molar-refractivity contribution is 5.94. The van der Waals surface area contributed by atoms with E-state index >= 15 is 0 Å². The first-order valence-electron chi connectivity index (χ1n) is 5.13. The van der Waals surface area contributed by atoms with Gasteiger partial charge in [-0.05, 0) is 18.1 Å². The van der Waals surface area contributed by atoms with E-state index in [2.05, 4.69) is 5.32 Å². The summed E-state index contributed by atoms with van der Waals surface area (Å²) in [6.07, 6.45) is 2.04. The van der Waals surface area contributed by atoms with Crippen molar-refractivity contribution in [2.24, 2.45) is 5.92 Å². The van der Waals surface area contributed by atoms with Crippen LogP contribution in [0.25, 0.3) is 0 Å². The van der Waals surface area contributed by atoms with Crippen molar-refractivity contribution in [3.05, 3.63) is 24.2 Å². The minimum absolute atomic E-state index is 0.120. The van der Waals surface area contributed by atoms with E-state index in [1.807, 2.05) is 6.92 Å². The van der Waals surface area contributed by atoms with Crippen molar-refractivity contribution in [3.8, 4) is 0 Å². The Morgan fingerprint density at radius 3 is 2.69 bits per heavy atom. The number of carboxylic acids is 1. The fourth-order valence-electron chi connectivity index (χ4n) is 1.30. The number of carbonyl (C=O) groups excluding carboxylic acids is 1. The highest BCUT2D eigenvalue weighted by Gasteiger charge is 2.26. The Morgan fingerprint density at radius 1 is 1.56 bits per heavy atom. The van der Waals surface area contributed by atoms with Crippen molar-refractivity contribution in [1.82, 2.24) is 5.32 Å². The summed E-state index contributed by atoms with van der Waals surface area (Å²) >= 11 is 0. The highest BCUT2D eigenvalue weighted by Crippen LogP contribution is 2.09. The van der Waals surface area contributed by atoms with E-state index in [1.165, 1.54) is 12.3 Å². The van der Waals surface area contributed by atoms with Crippen LogP contribution in [0, 0.1) is 5.92 Å². The van der Waals surface area contributed by atoms with Crippen molar-refractivity contribution in [2.45, 2.75) is 26.3 Å². The fourth-order valence-corrected chi connectivity index (χ4v) is 1.30. The SMILES string of the molecule is CCC(C)C(NC(=O)c1ccco1)C(=O)O. The van der Waals surface area contributed by atoms with Crippen LogP contribution in [0.5, 0.6) is 0 Å². The van der Waals surface area contributed by atoms with Gasteiger partial charge in [-0.3, -0.25) is 4.79 Å². The molecule has 88 valence electrons. The van der Waals surface area contributed by atoms with Crippen molar-refractivity contribution in [1.29, 1.82) is 0 Å². The molecule has 5 nitrogen and oxygen atoms in total. The third-order valence-corrected chi connectivity index (χ3v) is 2.51. The van der Waals surface area contributed by atoms with Gasteiger partial charge in [-0.1, -0.05) is 20.3 Å². The molecule has 0 fully saturated rings. The number of rotatable bonds is 5. The quantitative estimate of drug-likeness (QED) is 0.796. The van der Waals surface area contributed by atoms with Crippen LogP contribution in [-0.2, 0) is 4.79 Å². The lowest BCUT2D eigenvalue weighted by Gasteiger charge is -2.19. The molecule has 1 amide bonds. The maximum Gasteiger partial charge on any atom is 0.326 e. The number of carbonyl (C=O) groups is 2. The molecule has 0 aliphatic rings. The van der Waals surface area contributed by atoms with Gasteiger partial charge in [0.1, 0.15) is 6.04 Å². The smallest absolute Gasteiger partial charge is 0.326 e. The number of aliphatic carboxylic acids is 1. The molecule has 0 aliphatic heterocycles. The zero-order valence-electron chi connectivity index (χ0n) is 9.27. The van der Waals surface area contributed by atoms with E-state index in [1.54, 1.807) is 13.0 Å². The fraction of sp³-hybridized carbons (Fsp3) is 0.455. The van der Waals surface area contributed by atoms with Gasteiger partial charge in [0, 0.05) is 0 Å². The Balaban J connectivity index is 2.69. The molecule has 16 heavy (non-hydrogen) atoms. The van der Waals surface area contributed by atoms with Gasteiger partial charge in [0.15, 0.2) is 5.76 Å². The van der Waals surface area contributed by atoms with Gasteiger partial charge in [-0.15, -0.1) is 0 Å². The van der Waals surface area contributed by atoms with Crippen molar-refractivity contribution in [3.63, 3.8) is 0 Å². The first-order valence-corrected chi connectivity index (χ1v) is 5.13. The maximum atomic E-state index is 11.6. The van der Waals surface area contributed by atoms with Crippen molar-refractivity contribution < 1.29 is 19.1 Å². The minimum atomic E-state index is -1.03. The number of hydrogen-bond acceptors (Lipinski definition) is 3. The van der Waals surface area contributed by atoms with Gasteiger partial charge < -0.3 is 14.8 Å². The number of nitrogens with one attached hydrogen (secondary N) is 1. The van der Waals surface area contributed by atoms with E-state index < -0.39 is 17.9 Å². The molecule has 1 aromatic heterocycles. The van der Waals surface area contributed by atoms with Crippen LogP contribution in [0.2, 0.25) is 0 Å². The van der Waals surface area contributed by atoms with E-state index in [4.69, 9.17) is 9.52 Å². The molecule has 0 saturated heterocycles. The Hall–Kier alpha value is -1.78. The molecule has 0 radical (unpaired) electrons. The average molecular weight is 225 g/mol. The van der Waals surface area contributed by atoms with Crippen LogP contribution >= 0.6 is 0 Å². The van der Waals surface area contributed by atoms with Crippen LogP contribution in [-0.4, -0.2) is 23.0 Å². The van der Waals surface area contributed by atoms with Crippen LogP contribution in [0.3, 0.4) is 0 Å². The molecule has 0 aromatic carbocycles. The number of furan rings is 1. The molecule has 0 spiro atoms. The molecule has 1 heterocycles. The highest BCUT2D eigenvalue weighted by atomic mass is 16.4. The predicted octanol–water partition coefficient (Wildman–Crippen LogP) is 1.51. The monoisotopic (exact) mass is 225 g/mol. The van der Waals surface area contributed by atoms with E-state index in [-0.39, 0.29) is 11.7 Å². The molecule has 2 atom stereocenters. The van der Waals surface area contributed by atoms with E-state index in [9.17, 15) is 9.59 Å². The summed E-state index contributed by atoms with van der Waals surface area (Å²) in [6.45, 7) is 3.65. The van der Waals surface area contributed by atoms with Crippen LogP contribution < -0.4 is 5.32 Å². The normalized spacial score (nSPS) is 14.1. The second-order valence-corrected chi connectivity index (χ2v) is 3.65. The molecule has 2 N–H and O–H groups in total. The average Bonchev–Trinajstić information content (AvgIpc) is 2.77. The summed E-state index contributed by atoms with van der Waals surface area (Å²) in [5.41, 5.74) is 0. The summed E-state index contributed by atoms with van der Waals surface area (Å²) in [4.78, 5) is 22.5. The minimum Gasteiger partial charge on any atom is -0.480 e. The third kappa shape index (κ3) is 2.85. The van der Waals surface area contributed by atoms with Crippen LogP contribution in [0.15, 0.2) is 22.8 Å². The zero-order chi connectivity index (χ0) is 12.1. The molecule has 2 unspecified atom stereocenters. The molecular formula is C11H15NO4. The Labute approximate surface area is 93.4 Å². The Bertz CT molecular complexity index is 358. The standard InChI is InChI=1S/C11H15NO4/c1-3-7(2)9(11(14)15)12-10(13)8-5-4-6-16-8/h4-7,9H,3H2,1-2H3,(H,12,13)(H,14,15). The van der Waals surface area contributed by atoms with Gasteiger partial charge in [0.2, 0.25) is 0 Å². The lowest BCUT2D eigenvalue weighted by Crippen LogP contribution is -2.44. The lowest BCUT2D eigenvalue weighted by molar-refractivity contribution is -0.140. The summed E-state index contributed by atoms with van der Waals surface area (Å²) in [5, 5.41) is 11.4. The predicted molar refractivity (Wildman–Crippen MR) is 57.1 cm³/mol. The van der Waals surface area contributed by atoms with Gasteiger partial charge >= 0.3 is 5.97 Å². The number of hydrogen-bond donors (Lipinski definition) is 2. The molecular weight excluding hydrogens is 210 g/mol. The van der Waals surface area contributed by atoms with Crippen LogP contribution in [0.1, 0.15) is 30.8 Å². The Morgan fingerprint density at radius 2 is 2.25 bits per heavy atom. The first-order chi connectivity index (χ1) is 7.56. The second-order valence-electron chi connectivity index (χ2n) is 3.65. The van der Waals surface area contributed by atoms with Crippen molar-refractivity contribution >= 4 is 11.9 Å². The second kappa shape index (κ2) is 5.34. The third-order valence-electron chi connectivity index (χ3n) is 2.51. The Kier molecular flexibility index (Phi) is 4.10. The largest absolute Gasteiger partial charge is 0.480 e. The zero-order valence-corrected chi connectivity index (χ0v) is 9.27. The molecule has 5 heteroatoms. The van der Waals surface area contributed by atoms with E-state index in [0.29, 0.717) is 6.42 Å². The summed E-state index contributed by atoms with van der Waals surface area (Å²) in [6, 6.07) is 2.18. The van der Waals surface area contributed by atoms with Crippen molar-refractivity contribution in [2.75, 3.05) is 0 Å². The van der Waals surface area contributed by atoms with Gasteiger partial charge in [0.05, 0.1) is 6.26 Å². The molecule has 0 saturated carbocycles. The molecule has 0 aliphatic carbocycles. The van der Waals surface area contributed by atoms with E-state index in [0.717, 1.165) is 0 Å². The van der Waals surface area contributed by atoms with Gasteiger partial charge in [-0.2, -0.15) is 0 Å². The topological polar surface area (TPSA) is 79.5 Å². The molecule has 1 rings (SSSR count). The maximum absolute atomic E-state index is 11.6. The summed E-state index contributed by atoms with van der Waals surface area (Å²) in [7, 11) is 0. The summed E-state index contributed by atoms with van der Waals surface area (Å²) < 4.78 is 4.88. The number of amides is 1. The lowest BCUT2D eigenvalue weighted by atomic mass is 9.99. The molecule has 1 aromatic rings. The van der Waals surface area contributed by atoms with Gasteiger partial charge in [-0.25, -0.2) is 4.79 Å². The number of carboxylic acid groups (broad SMARTS) is 1. The van der Waals surface area contributed by atoms with Crippen LogP contribution in [0.4, 0.5) is 0 Å². The summed E-state index contributed by atoms with van der Waals surface area (Å²) in [5.74, 6) is -1.54.